The maximum atomic E-state index is 6.90. The Balaban J connectivity index is 1.14. The monoisotopic (exact) mass is 704 g/mol. The van der Waals surface area contributed by atoms with Crippen molar-refractivity contribution >= 4 is 76.5 Å². The Bertz CT molecular complexity index is 3500. The number of rotatable bonds is 4. The zero-order valence-electron chi connectivity index (χ0n) is 29.3. The number of fused-ring (bicyclic) bond motifs is 11. The average molecular weight is 705 g/mol. The number of hydrogen-bond donors (Lipinski definition) is 0. The van der Waals surface area contributed by atoms with E-state index in [1.54, 1.807) is 0 Å². The van der Waals surface area contributed by atoms with Crippen molar-refractivity contribution in [1.82, 2.24) is 19.5 Å². The van der Waals surface area contributed by atoms with Crippen LogP contribution in [0, 0.1) is 0 Å². The molecule has 0 aliphatic rings. The van der Waals surface area contributed by atoms with Gasteiger partial charge in [0.25, 0.3) is 0 Å². The normalized spacial score (nSPS) is 12.0. The summed E-state index contributed by atoms with van der Waals surface area (Å²) in [4.78, 5) is 15.5. The number of nitrogens with zero attached hydrogens (tertiary/aromatic N) is 4. The van der Waals surface area contributed by atoms with Gasteiger partial charge in [-0.15, -0.1) is 0 Å². The van der Waals surface area contributed by atoms with Crippen molar-refractivity contribution < 1.29 is 8.83 Å². The summed E-state index contributed by atoms with van der Waals surface area (Å²) in [5, 5.41) is 8.72. The van der Waals surface area contributed by atoms with E-state index in [9.17, 15) is 0 Å². The molecule has 0 bridgehead atoms. The average Bonchev–Trinajstić information content (AvgIpc) is 3.94. The molecule has 0 fully saturated rings. The molecule has 0 saturated carbocycles. The second-order valence-electron chi connectivity index (χ2n) is 13.9. The first kappa shape index (κ1) is 29.9. The van der Waals surface area contributed by atoms with Crippen LogP contribution in [0.15, 0.2) is 179 Å². The topological polar surface area (TPSA) is 69.9 Å². The highest BCUT2D eigenvalue weighted by atomic mass is 16.3. The first-order valence-electron chi connectivity index (χ1n) is 18.4. The van der Waals surface area contributed by atoms with Crippen LogP contribution in [-0.2, 0) is 0 Å². The van der Waals surface area contributed by atoms with Crippen molar-refractivity contribution in [3.63, 3.8) is 0 Å². The van der Waals surface area contributed by atoms with Gasteiger partial charge in [0.05, 0.1) is 16.7 Å². The number of aromatic nitrogens is 4. The largest absolute Gasteiger partial charge is 0.456 e. The third-order valence-electron chi connectivity index (χ3n) is 10.9. The van der Waals surface area contributed by atoms with Gasteiger partial charge >= 0.3 is 0 Å². The maximum absolute atomic E-state index is 6.90. The smallest absolute Gasteiger partial charge is 0.164 e. The van der Waals surface area contributed by atoms with E-state index in [4.69, 9.17) is 23.8 Å². The van der Waals surface area contributed by atoms with Gasteiger partial charge in [0.1, 0.15) is 16.7 Å². The number of hydrogen-bond acceptors (Lipinski definition) is 5. The van der Waals surface area contributed by atoms with Crippen LogP contribution < -0.4 is 0 Å². The van der Waals surface area contributed by atoms with Gasteiger partial charge in [-0.2, -0.15) is 0 Å². The molecule has 0 radical (unpaired) electrons. The van der Waals surface area contributed by atoms with E-state index in [0.29, 0.717) is 17.5 Å². The van der Waals surface area contributed by atoms with Gasteiger partial charge in [-0.3, -0.25) is 0 Å². The SMILES string of the molecule is c1ccc(-c2nc(-c3cccc4oc5ccccc5c34)nc(-c3cccc4oc5c(-n6c7ccccc7c7ccc8ccccc8c76)cccc5c34)n2)cc1. The third kappa shape index (κ3) is 4.39. The molecule has 4 heterocycles. The Morgan fingerprint density at radius 3 is 1.80 bits per heavy atom. The molecule has 0 saturated heterocycles. The van der Waals surface area contributed by atoms with Gasteiger partial charge < -0.3 is 13.4 Å². The highest BCUT2D eigenvalue weighted by Gasteiger charge is 2.23. The molecular weight excluding hydrogens is 677 g/mol. The standard InChI is InChI=1S/C49H28N4O2/c1-2-14-30(15-3-1)47-50-48(36-20-11-25-41-43(36)34-18-7-9-24-40(34)54-41)52-49(51-47)37-21-12-26-42-44(37)35-19-10-23-39(46(35)55-42)53-38-22-8-6-17-32(38)33-28-27-29-13-4-5-16-31(29)45(33)53/h1-28H. The Morgan fingerprint density at radius 2 is 0.982 bits per heavy atom. The minimum Gasteiger partial charge on any atom is -0.456 e. The van der Waals surface area contributed by atoms with E-state index in [2.05, 4.69) is 102 Å². The zero-order valence-corrected chi connectivity index (χ0v) is 29.3. The molecule has 55 heavy (non-hydrogen) atoms. The lowest BCUT2D eigenvalue weighted by atomic mass is 10.0. The quantitative estimate of drug-likeness (QED) is 0.182. The first-order valence-corrected chi connectivity index (χ1v) is 18.4. The van der Waals surface area contributed by atoms with Crippen LogP contribution in [0.25, 0.3) is 116 Å². The minimum absolute atomic E-state index is 0.565. The van der Waals surface area contributed by atoms with Gasteiger partial charge in [0.2, 0.25) is 0 Å². The minimum atomic E-state index is 0.565. The van der Waals surface area contributed by atoms with Crippen molar-refractivity contribution in [2.24, 2.45) is 0 Å². The Hall–Kier alpha value is -7.57. The van der Waals surface area contributed by atoms with Crippen molar-refractivity contribution in [2.75, 3.05) is 0 Å². The van der Waals surface area contributed by atoms with Crippen LogP contribution in [0.2, 0.25) is 0 Å². The number of furan rings is 2. The summed E-state index contributed by atoms with van der Waals surface area (Å²) in [5.41, 5.74) is 9.08. The summed E-state index contributed by atoms with van der Waals surface area (Å²) in [6, 6.07) is 58.4. The molecule has 0 N–H and O–H groups in total. The molecule has 4 aromatic heterocycles. The summed E-state index contributed by atoms with van der Waals surface area (Å²) in [6.45, 7) is 0. The molecule has 0 spiro atoms. The molecule has 0 aliphatic carbocycles. The number of benzene rings is 8. The fourth-order valence-electron chi connectivity index (χ4n) is 8.47. The van der Waals surface area contributed by atoms with E-state index in [-0.39, 0.29) is 0 Å². The van der Waals surface area contributed by atoms with Crippen molar-refractivity contribution in [3.8, 4) is 39.9 Å². The van der Waals surface area contributed by atoms with E-state index < -0.39 is 0 Å². The lowest BCUT2D eigenvalue weighted by molar-refractivity contribution is 0.666. The Morgan fingerprint density at radius 1 is 0.382 bits per heavy atom. The van der Waals surface area contributed by atoms with Crippen molar-refractivity contribution in [1.29, 1.82) is 0 Å². The maximum Gasteiger partial charge on any atom is 0.164 e. The molecule has 6 nitrogen and oxygen atoms in total. The van der Waals surface area contributed by atoms with Gasteiger partial charge in [0.15, 0.2) is 23.1 Å². The molecule has 0 aliphatic heterocycles. The summed E-state index contributed by atoms with van der Waals surface area (Å²) >= 11 is 0. The molecule has 12 aromatic rings. The lowest BCUT2D eigenvalue weighted by Crippen LogP contribution is -2.00. The van der Waals surface area contributed by atoms with E-state index in [1.165, 1.54) is 21.5 Å². The van der Waals surface area contributed by atoms with Crippen LogP contribution in [0.3, 0.4) is 0 Å². The second kappa shape index (κ2) is 11.5. The van der Waals surface area contributed by atoms with Crippen LogP contribution in [0.4, 0.5) is 0 Å². The van der Waals surface area contributed by atoms with Crippen molar-refractivity contribution in [3.05, 3.63) is 170 Å². The molecule has 12 rings (SSSR count). The molecule has 256 valence electrons. The van der Waals surface area contributed by atoms with Gasteiger partial charge in [-0.1, -0.05) is 140 Å². The van der Waals surface area contributed by atoms with Crippen LogP contribution in [0.5, 0.6) is 0 Å². The lowest BCUT2D eigenvalue weighted by Gasteiger charge is -2.11. The Kier molecular flexibility index (Phi) is 6.24. The molecule has 0 unspecified atom stereocenters. The van der Waals surface area contributed by atoms with Crippen molar-refractivity contribution in [2.45, 2.75) is 0 Å². The predicted octanol–water partition coefficient (Wildman–Crippen LogP) is 12.9. The van der Waals surface area contributed by atoms with E-state index >= 15 is 0 Å². The highest BCUT2D eigenvalue weighted by molar-refractivity contribution is 6.20. The second-order valence-corrected chi connectivity index (χ2v) is 13.9. The van der Waals surface area contributed by atoms with E-state index in [1.807, 2.05) is 72.8 Å². The predicted molar refractivity (Wildman–Crippen MR) is 223 cm³/mol. The summed E-state index contributed by atoms with van der Waals surface area (Å²) in [6.07, 6.45) is 0. The van der Waals surface area contributed by atoms with Gasteiger partial charge in [-0.05, 0) is 35.7 Å². The fraction of sp³-hybridized carbons (Fsp3) is 0. The van der Waals surface area contributed by atoms with Crippen LogP contribution in [0.1, 0.15) is 0 Å². The highest BCUT2D eigenvalue weighted by Crippen LogP contribution is 2.43. The third-order valence-corrected chi connectivity index (χ3v) is 10.9. The summed E-state index contributed by atoms with van der Waals surface area (Å²) in [5.74, 6) is 1.73. The summed E-state index contributed by atoms with van der Waals surface area (Å²) in [7, 11) is 0. The molecule has 0 atom stereocenters. The molecular formula is C49H28N4O2. The fourth-order valence-corrected chi connectivity index (χ4v) is 8.47. The van der Waals surface area contributed by atoms with Crippen LogP contribution >= 0.6 is 0 Å². The van der Waals surface area contributed by atoms with Gasteiger partial charge in [-0.25, -0.2) is 15.0 Å². The van der Waals surface area contributed by atoms with Gasteiger partial charge in [0, 0.05) is 54.4 Å². The van der Waals surface area contributed by atoms with E-state index in [0.717, 1.165) is 77.3 Å². The first-order chi connectivity index (χ1) is 27.3. The Labute approximate surface area is 313 Å². The zero-order chi connectivity index (χ0) is 36.0. The molecule has 8 aromatic carbocycles. The molecule has 6 heteroatoms. The van der Waals surface area contributed by atoms with Crippen LogP contribution in [-0.4, -0.2) is 19.5 Å². The number of para-hydroxylation sites is 3. The summed E-state index contributed by atoms with van der Waals surface area (Å²) < 4.78 is 15.5. The molecule has 0 amide bonds.